The molecule has 1 aromatic rings. The summed E-state index contributed by atoms with van der Waals surface area (Å²) in [4.78, 5) is 22.6. The third kappa shape index (κ3) is 5.87. The number of hydrogen-bond acceptors (Lipinski definition) is 4. The maximum atomic E-state index is 11.4. The Bertz CT molecular complexity index is 435. The van der Waals surface area contributed by atoms with Gasteiger partial charge < -0.3 is 15.8 Å². The normalized spacial score (nSPS) is 9.79. The molecule has 1 rings (SSSR count). The number of amides is 3. The lowest BCUT2D eigenvalue weighted by Crippen LogP contribution is -2.41. The Kier molecular flexibility index (Phi) is 6.38. The molecule has 0 aliphatic rings. The number of rotatable bonds is 6. The van der Waals surface area contributed by atoms with E-state index in [1.165, 1.54) is 0 Å². The summed E-state index contributed by atoms with van der Waals surface area (Å²) in [5, 5.41) is 4.71. The van der Waals surface area contributed by atoms with Crippen LogP contribution in [-0.2, 0) is 11.3 Å². The number of nitrogens with two attached hydrogens (primary N) is 1. The fraction of sp³-hybridized carbons (Fsp3) is 0.385. The minimum atomic E-state index is -0.508. The van der Waals surface area contributed by atoms with Crippen LogP contribution in [0.2, 0.25) is 0 Å². The lowest BCUT2D eigenvalue weighted by Gasteiger charge is -2.08. The van der Waals surface area contributed by atoms with E-state index in [4.69, 9.17) is 10.5 Å². The number of ether oxygens (including phenoxy) is 1. The highest BCUT2D eigenvalue weighted by Gasteiger charge is 2.07. The summed E-state index contributed by atoms with van der Waals surface area (Å²) < 4.78 is 5.27. The molecule has 0 spiro atoms. The van der Waals surface area contributed by atoms with E-state index in [1.807, 2.05) is 13.0 Å². The molecule has 6 heteroatoms. The highest BCUT2D eigenvalue weighted by atomic mass is 16.5. The first-order valence-corrected chi connectivity index (χ1v) is 6.15. The van der Waals surface area contributed by atoms with Crippen LogP contribution in [0.5, 0.6) is 5.75 Å². The summed E-state index contributed by atoms with van der Waals surface area (Å²) in [5.74, 6) is 0.0545. The zero-order valence-corrected chi connectivity index (χ0v) is 10.9. The Morgan fingerprint density at radius 2 is 2.16 bits per heavy atom. The van der Waals surface area contributed by atoms with Gasteiger partial charge in [-0.2, -0.15) is 0 Å². The quantitative estimate of drug-likeness (QED) is 0.708. The third-order valence-corrected chi connectivity index (χ3v) is 2.29. The van der Waals surface area contributed by atoms with Gasteiger partial charge in [0.05, 0.1) is 0 Å². The molecule has 3 amide bonds. The molecule has 4 N–H and O–H groups in total. The summed E-state index contributed by atoms with van der Waals surface area (Å²) in [6, 6.07) is 6.63. The van der Waals surface area contributed by atoms with Gasteiger partial charge in [0.25, 0.3) is 5.91 Å². The van der Waals surface area contributed by atoms with Gasteiger partial charge in [0.1, 0.15) is 5.75 Å². The van der Waals surface area contributed by atoms with Crippen LogP contribution in [0.25, 0.3) is 0 Å². The van der Waals surface area contributed by atoms with Gasteiger partial charge >= 0.3 is 6.03 Å². The van der Waals surface area contributed by atoms with E-state index in [2.05, 4.69) is 10.6 Å². The van der Waals surface area contributed by atoms with Crippen LogP contribution < -0.4 is 21.1 Å². The molecule has 0 aromatic heterocycles. The van der Waals surface area contributed by atoms with E-state index >= 15 is 0 Å². The molecule has 0 bridgehead atoms. The predicted octanol–water partition coefficient (Wildman–Crippen LogP) is 0.760. The van der Waals surface area contributed by atoms with Crippen LogP contribution in [0, 0.1) is 0 Å². The maximum absolute atomic E-state index is 11.4. The lowest BCUT2D eigenvalue weighted by atomic mass is 10.2. The van der Waals surface area contributed by atoms with Gasteiger partial charge in [-0.15, -0.1) is 0 Å². The van der Waals surface area contributed by atoms with Gasteiger partial charge in [-0.3, -0.25) is 10.1 Å². The van der Waals surface area contributed by atoms with Crippen LogP contribution in [0.3, 0.4) is 0 Å². The number of carbonyl (C=O) groups is 2. The van der Waals surface area contributed by atoms with Gasteiger partial charge in [-0.25, -0.2) is 4.79 Å². The number of hydrogen-bond donors (Lipinski definition) is 3. The highest BCUT2D eigenvalue weighted by molar-refractivity contribution is 5.94. The molecule has 1 aromatic carbocycles. The fourth-order valence-corrected chi connectivity index (χ4v) is 1.36. The molecule has 19 heavy (non-hydrogen) atoms. The number of benzene rings is 1. The van der Waals surface area contributed by atoms with Gasteiger partial charge in [0, 0.05) is 13.1 Å². The SMILES string of the molecule is CCCNC(=O)NC(=O)COc1cccc(CN)c1. The molecular weight excluding hydrogens is 246 g/mol. The zero-order valence-electron chi connectivity index (χ0n) is 10.9. The summed E-state index contributed by atoms with van der Waals surface area (Å²) in [5.41, 5.74) is 6.41. The van der Waals surface area contributed by atoms with Crippen molar-refractivity contribution < 1.29 is 14.3 Å². The predicted molar refractivity (Wildman–Crippen MR) is 71.7 cm³/mol. The zero-order chi connectivity index (χ0) is 14.1. The average Bonchev–Trinajstić information content (AvgIpc) is 2.43. The van der Waals surface area contributed by atoms with Crippen molar-refractivity contribution in [2.45, 2.75) is 19.9 Å². The summed E-state index contributed by atoms with van der Waals surface area (Å²) in [7, 11) is 0. The molecule has 0 atom stereocenters. The molecule has 0 fully saturated rings. The first-order chi connectivity index (χ1) is 9.15. The lowest BCUT2D eigenvalue weighted by molar-refractivity contribution is -0.122. The van der Waals surface area contributed by atoms with Crippen LogP contribution >= 0.6 is 0 Å². The van der Waals surface area contributed by atoms with E-state index in [1.54, 1.807) is 18.2 Å². The van der Waals surface area contributed by atoms with Crippen LogP contribution in [0.15, 0.2) is 24.3 Å². The Morgan fingerprint density at radius 3 is 2.84 bits per heavy atom. The summed E-state index contributed by atoms with van der Waals surface area (Å²) in [6.07, 6.45) is 0.810. The molecule has 0 aliphatic heterocycles. The number of urea groups is 1. The number of imide groups is 1. The van der Waals surface area contributed by atoms with Crippen LogP contribution in [0.1, 0.15) is 18.9 Å². The van der Waals surface area contributed by atoms with Crippen molar-refractivity contribution in [3.63, 3.8) is 0 Å². The van der Waals surface area contributed by atoms with Crippen molar-refractivity contribution in [2.75, 3.05) is 13.2 Å². The molecule has 0 saturated carbocycles. The first-order valence-electron chi connectivity index (χ1n) is 6.15. The minimum Gasteiger partial charge on any atom is -0.484 e. The van der Waals surface area contributed by atoms with E-state index in [9.17, 15) is 9.59 Å². The molecule has 0 unspecified atom stereocenters. The number of nitrogens with one attached hydrogen (secondary N) is 2. The third-order valence-electron chi connectivity index (χ3n) is 2.29. The second kappa shape index (κ2) is 8.10. The van der Waals surface area contributed by atoms with Gasteiger partial charge in [0.15, 0.2) is 6.61 Å². The second-order valence-electron chi connectivity index (χ2n) is 3.94. The Balaban J connectivity index is 2.35. The topological polar surface area (TPSA) is 93.5 Å². The Hall–Kier alpha value is -2.08. The standard InChI is InChI=1S/C13H19N3O3/c1-2-6-15-13(18)16-12(17)9-19-11-5-3-4-10(7-11)8-14/h3-5,7H,2,6,8-9,14H2,1H3,(H2,15,16,17,18). The molecule has 104 valence electrons. The van der Waals surface area contributed by atoms with E-state index in [-0.39, 0.29) is 6.61 Å². The van der Waals surface area contributed by atoms with Crippen molar-refractivity contribution >= 4 is 11.9 Å². The Labute approximate surface area is 112 Å². The van der Waals surface area contributed by atoms with Crippen molar-refractivity contribution in [3.05, 3.63) is 29.8 Å². The smallest absolute Gasteiger partial charge is 0.321 e. The second-order valence-corrected chi connectivity index (χ2v) is 3.94. The average molecular weight is 265 g/mol. The van der Waals surface area contributed by atoms with Crippen LogP contribution in [0.4, 0.5) is 4.79 Å². The minimum absolute atomic E-state index is 0.215. The van der Waals surface area contributed by atoms with E-state index in [0.29, 0.717) is 18.8 Å². The molecule has 0 heterocycles. The van der Waals surface area contributed by atoms with Gasteiger partial charge in [-0.1, -0.05) is 19.1 Å². The largest absolute Gasteiger partial charge is 0.484 e. The van der Waals surface area contributed by atoms with E-state index in [0.717, 1.165) is 12.0 Å². The molecular formula is C13H19N3O3. The summed E-state index contributed by atoms with van der Waals surface area (Å²) >= 11 is 0. The van der Waals surface area contributed by atoms with Crippen molar-refractivity contribution in [2.24, 2.45) is 5.73 Å². The maximum Gasteiger partial charge on any atom is 0.321 e. The molecule has 0 saturated heterocycles. The van der Waals surface area contributed by atoms with Gasteiger partial charge in [0.2, 0.25) is 0 Å². The first kappa shape index (κ1) is 15.0. The Morgan fingerprint density at radius 1 is 1.37 bits per heavy atom. The molecule has 6 nitrogen and oxygen atoms in total. The molecule has 0 aliphatic carbocycles. The number of carbonyl (C=O) groups excluding carboxylic acids is 2. The van der Waals surface area contributed by atoms with Crippen LogP contribution in [-0.4, -0.2) is 25.1 Å². The van der Waals surface area contributed by atoms with E-state index < -0.39 is 11.9 Å². The van der Waals surface area contributed by atoms with Crippen molar-refractivity contribution in [3.8, 4) is 5.75 Å². The fourth-order valence-electron chi connectivity index (χ4n) is 1.36. The highest BCUT2D eigenvalue weighted by Crippen LogP contribution is 2.12. The monoisotopic (exact) mass is 265 g/mol. The summed E-state index contributed by atoms with van der Waals surface area (Å²) in [6.45, 7) is 2.64. The van der Waals surface area contributed by atoms with Crippen molar-refractivity contribution in [1.29, 1.82) is 0 Å². The van der Waals surface area contributed by atoms with Crippen molar-refractivity contribution in [1.82, 2.24) is 10.6 Å². The molecule has 0 radical (unpaired) electrons. The van der Waals surface area contributed by atoms with Gasteiger partial charge in [-0.05, 0) is 24.1 Å².